The van der Waals surface area contributed by atoms with Gasteiger partial charge in [-0.15, -0.1) is 0 Å². The maximum Gasteiger partial charge on any atom is 0.251 e. The molecule has 29 heavy (non-hydrogen) atoms. The molecule has 6 heteroatoms. The molecule has 0 unspecified atom stereocenters. The van der Waals surface area contributed by atoms with Gasteiger partial charge >= 0.3 is 0 Å². The number of hydrogen-bond donors (Lipinski definition) is 2. The van der Waals surface area contributed by atoms with Crippen LogP contribution in [0.1, 0.15) is 29.8 Å². The molecule has 150 valence electrons. The van der Waals surface area contributed by atoms with Gasteiger partial charge in [0.15, 0.2) is 0 Å². The number of halogens is 1. The number of benzene rings is 2. The summed E-state index contributed by atoms with van der Waals surface area (Å²) < 4.78 is 13.7. The topological polar surface area (TPSA) is 57.3 Å². The van der Waals surface area contributed by atoms with E-state index in [9.17, 15) is 9.18 Å². The average Bonchev–Trinajstić information content (AvgIpc) is 2.75. The van der Waals surface area contributed by atoms with Gasteiger partial charge in [-0.3, -0.25) is 4.79 Å². The Hall–Kier alpha value is -3.41. The van der Waals surface area contributed by atoms with Crippen LogP contribution in [0.4, 0.5) is 21.6 Å². The Bertz CT molecular complexity index is 955. The molecule has 0 fully saturated rings. The van der Waals surface area contributed by atoms with Crippen LogP contribution in [0.5, 0.6) is 0 Å². The molecular weight excluding hydrogens is 367 g/mol. The fraction of sp³-hybridized carbons (Fsp3) is 0.217. The number of rotatable bonds is 8. The SMILES string of the molecule is CCN(CC)c1ccc(Nc2cc(C(=O)NCc3ccccc3F)ccn2)cc1. The van der Waals surface area contributed by atoms with Crippen molar-refractivity contribution in [3.05, 3.63) is 83.8 Å². The molecule has 0 atom stereocenters. The van der Waals surface area contributed by atoms with Crippen molar-refractivity contribution in [2.45, 2.75) is 20.4 Å². The quantitative estimate of drug-likeness (QED) is 0.581. The molecule has 0 saturated carbocycles. The van der Waals surface area contributed by atoms with Crippen LogP contribution in [0.15, 0.2) is 66.9 Å². The summed E-state index contributed by atoms with van der Waals surface area (Å²) in [6.07, 6.45) is 1.57. The highest BCUT2D eigenvalue weighted by Crippen LogP contribution is 2.20. The Morgan fingerprint density at radius 3 is 2.45 bits per heavy atom. The molecule has 0 spiro atoms. The summed E-state index contributed by atoms with van der Waals surface area (Å²) in [4.78, 5) is 19.0. The zero-order valence-corrected chi connectivity index (χ0v) is 16.7. The predicted molar refractivity (Wildman–Crippen MR) is 115 cm³/mol. The van der Waals surface area contributed by atoms with Crippen molar-refractivity contribution in [3.63, 3.8) is 0 Å². The zero-order chi connectivity index (χ0) is 20.6. The summed E-state index contributed by atoms with van der Waals surface area (Å²) in [6, 6.07) is 17.8. The van der Waals surface area contributed by atoms with Crippen LogP contribution in [0.3, 0.4) is 0 Å². The molecular formula is C23H25FN4O. The first kappa shape index (κ1) is 20.3. The lowest BCUT2D eigenvalue weighted by Crippen LogP contribution is -2.23. The zero-order valence-electron chi connectivity index (χ0n) is 16.7. The first-order valence-electron chi connectivity index (χ1n) is 9.70. The molecule has 2 aromatic carbocycles. The number of hydrogen-bond acceptors (Lipinski definition) is 4. The Labute approximate surface area is 170 Å². The van der Waals surface area contributed by atoms with E-state index >= 15 is 0 Å². The third-order valence-electron chi connectivity index (χ3n) is 4.69. The average molecular weight is 392 g/mol. The second-order valence-corrected chi connectivity index (χ2v) is 6.55. The van der Waals surface area contributed by atoms with Crippen LogP contribution in [-0.4, -0.2) is 24.0 Å². The standard InChI is InChI=1S/C23H25FN4O/c1-3-28(4-2)20-11-9-19(10-12-20)27-22-15-17(13-14-25-22)23(29)26-16-18-7-5-6-8-21(18)24/h5-15H,3-4,16H2,1-2H3,(H,25,27)(H,26,29). The Morgan fingerprint density at radius 2 is 1.76 bits per heavy atom. The first-order chi connectivity index (χ1) is 14.1. The van der Waals surface area contributed by atoms with E-state index in [0.29, 0.717) is 16.9 Å². The van der Waals surface area contributed by atoms with E-state index in [1.54, 1.807) is 36.5 Å². The minimum Gasteiger partial charge on any atom is -0.372 e. The van der Waals surface area contributed by atoms with Crippen LogP contribution in [-0.2, 0) is 6.54 Å². The predicted octanol–water partition coefficient (Wildman–Crippen LogP) is 4.74. The van der Waals surface area contributed by atoms with Crippen LogP contribution in [0.2, 0.25) is 0 Å². The van der Waals surface area contributed by atoms with Crippen LogP contribution < -0.4 is 15.5 Å². The second-order valence-electron chi connectivity index (χ2n) is 6.55. The van der Waals surface area contributed by atoms with Gasteiger partial charge in [-0.25, -0.2) is 9.37 Å². The molecule has 0 aliphatic heterocycles. The molecule has 1 aromatic heterocycles. The molecule has 0 aliphatic carbocycles. The van der Waals surface area contributed by atoms with Gasteiger partial charge in [-0.2, -0.15) is 0 Å². The molecule has 1 heterocycles. The lowest BCUT2D eigenvalue weighted by molar-refractivity contribution is 0.0950. The van der Waals surface area contributed by atoms with Crippen molar-refractivity contribution >= 4 is 23.1 Å². The van der Waals surface area contributed by atoms with Gasteiger partial charge in [-0.1, -0.05) is 18.2 Å². The molecule has 0 aliphatic rings. The minimum absolute atomic E-state index is 0.128. The molecule has 0 saturated heterocycles. The molecule has 5 nitrogen and oxygen atoms in total. The highest BCUT2D eigenvalue weighted by atomic mass is 19.1. The number of nitrogens with one attached hydrogen (secondary N) is 2. The Balaban J connectivity index is 1.64. The van der Waals surface area contributed by atoms with Gasteiger partial charge < -0.3 is 15.5 Å². The number of nitrogens with zero attached hydrogens (tertiary/aromatic N) is 2. The third kappa shape index (κ3) is 5.31. The third-order valence-corrected chi connectivity index (χ3v) is 4.69. The summed E-state index contributed by atoms with van der Waals surface area (Å²) >= 11 is 0. The van der Waals surface area contributed by atoms with Crippen molar-refractivity contribution in [1.82, 2.24) is 10.3 Å². The van der Waals surface area contributed by atoms with E-state index in [4.69, 9.17) is 0 Å². The number of anilines is 3. The van der Waals surface area contributed by atoms with Crippen LogP contribution in [0.25, 0.3) is 0 Å². The minimum atomic E-state index is -0.335. The fourth-order valence-corrected chi connectivity index (χ4v) is 3.05. The molecule has 3 rings (SSSR count). The second kappa shape index (κ2) is 9.68. The maximum atomic E-state index is 13.7. The number of pyridine rings is 1. The van der Waals surface area contributed by atoms with Crippen molar-refractivity contribution in [2.75, 3.05) is 23.3 Å². The van der Waals surface area contributed by atoms with Gasteiger partial charge in [0.05, 0.1) is 0 Å². The highest BCUT2D eigenvalue weighted by Gasteiger charge is 2.09. The fourth-order valence-electron chi connectivity index (χ4n) is 3.05. The Kier molecular flexibility index (Phi) is 6.79. The molecule has 0 radical (unpaired) electrons. The largest absolute Gasteiger partial charge is 0.372 e. The lowest BCUT2D eigenvalue weighted by atomic mass is 10.2. The van der Waals surface area contributed by atoms with Gasteiger partial charge in [0, 0.05) is 48.3 Å². The van der Waals surface area contributed by atoms with E-state index in [1.807, 2.05) is 12.1 Å². The summed E-state index contributed by atoms with van der Waals surface area (Å²) in [6.45, 7) is 6.29. The summed E-state index contributed by atoms with van der Waals surface area (Å²) in [7, 11) is 0. The van der Waals surface area contributed by atoms with Gasteiger partial charge in [0.25, 0.3) is 5.91 Å². The van der Waals surface area contributed by atoms with E-state index in [-0.39, 0.29) is 18.3 Å². The molecule has 3 aromatic rings. The Morgan fingerprint density at radius 1 is 1.03 bits per heavy atom. The lowest BCUT2D eigenvalue weighted by Gasteiger charge is -2.21. The molecule has 1 amide bonds. The van der Waals surface area contributed by atoms with E-state index < -0.39 is 0 Å². The van der Waals surface area contributed by atoms with E-state index in [0.717, 1.165) is 24.5 Å². The monoisotopic (exact) mass is 392 g/mol. The van der Waals surface area contributed by atoms with Gasteiger partial charge in [0.2, 0.25) is 0 Å². The normalized spacial score (nSPS) is 10.4. The van der Waals surface area contributed by atoms with Crippen molar-refractivity contribution in [1.29, 1.82) is 0 Å². The summed E-state index contributed by atoms with van der Waals surface area (Å²) in [5.41, 5.74) is 2.95. The molecule has 0 bridgehead atoms. The van der Waals surface area contributed by atoms with E-state index in [2.05, 4.69) is 46.5 Å². The summed E-state index contributed by atoms with van der Waals surface area (Å²) in [5, 5.41) is 5.95. The van der Waals surface area contributed by atoms with E-state index in [1.165, 1.54) is 6.07 Å². The van der Waals surface area contributed by atoms with Crippen LogP contribution >= 0.6 is 0 Å². The number of carbonyl (C=O) groups excluding carboxylic acids is 1. The van der Waals surface area contributed by atoms with Gasteiger partial charge in [-0.05, 0) is 56.3 Å². The number of amides is 1. The maximum absolute atomic E-state index is 13.7. The van der Waals surface area contributed by atoms with Crippen molar-refractivity contribution in [3.8, 4) is 0 Å². The number of carbonyl (C=O) groups is 1. The van der Waals surface area contributed by atoms with Crippen LogP contribution in [0, 0.1) is 5.82 Å². The molecule has 2 N–H and O–H groups in total. The summed E-state index contributed by atoms with van der Waals surface area (Å²) in [5.74, 6) is -0.0484. The van der Waals surface area contributed by atoms with Gasteiger partial charge in [0.1, 0.15) is 11.6 Å². The van der Waals surface area contributed by atoms with Crippen molar-refractivity contribution < 1.29 is 9.18 Å². The highest BCUT2D eigenvalue weighted by molar-refractivity contribution is 5.94. The smallest absolute Gasteiger partial charge is 0.251 e. The van der Waals surface area contributed by atoms with Crippen molar-refractivity contribution in [2.24, 2.45) is 0 Å². The number of aromatic nitrogens is 1. The first-order valence-corrected chi connectivity index (χ1v) is 9.70.